The Balaban J connectivity index is 1.86. The van der Waals surface area contributed by atoms with E-state index < -0.39 is 5.82 Å². The van der Waals surface area contributed by atoms with Crippen LogP contribution in [0.1, 0.15) is 17.7 Å². The molecule has 0 bridgehead atoms. The van der Waals surface area contributed by atoms with E-state index in [0.717, 1.165) is 18.5 Å². The predicted molar refractivity (Wildman–Crippen MR) is 87.0 cm³/mol. The Kier molecular flexibility index (Phi) is 4.87. The van der Waals surface area contributed by atoms with Gasteiger partial charge in [0.05, 0.1) is 18.9 Å². The van der Waals surface area contributed by atoms with Crippen molar-refractivity contribution in [1.82, 2.24) is 14.5 Å². The molecule has 1 aromatic heterocycles. The highest BCUT2D eigenvalue weighted by Crippen LogP contribution is 2.25. The first-order chi connectivity index (χ1) is 11.1. The number of amides is 1. The second-order valence-electron chi connectivity index (χ2n) is 5.59. The van der Waals surface area contributed by atoms with Gasteiger partial charge in [0, 0.05) is 29.0 Å². The highest BCUT2D eigenvalue weighted by molar-refractivity contribution is 6.31. The van der Waals surface area contributed by atoms with E-state index >= 15 is 0 Å². The second kappa shape index (κ2) is 6.89. The minimum absolute atomic E-state index is 0.0568. The number of imidazole rings is 1. The van der Waals surface area contributed by atoms with Crippen LogP contribution in [0.2, 0.25) is 5.02 Å². The third-order valence-corrected chi connectivity index (χ3v) is 4.79. The molecule has 7 heteroatoms. The van der Waals surface area contributed by atoms with E-state index in [9.17, 15) is 9.18 Å². The maximum atomic E-state index is 14.1. The summed E-state index contributed by atoms with van der Waals surface area (Å²) in [6.07, 6.45) is 5.20. The summed E-state index contributed by atoms with van der Waals surface area (Å²) in [4.78, 5) is 18.0. The lowest BCUT2D eigenvalue weighted by molar-refractivity contribution is -0.132. The number of hydrogen-bond donors (Lipinski definition) is 0. The third-order valence-electron chi connectivity index (χ3n) is 4.21. The first-order valence-electron chi connectivity index (χ1n) is 7.37. The van der Waals surface area contributed by atoms with E-state index in [1.807, 2.05) is 10.8 Å². The van der Waals surface area contributed by atoms with Gasteiger partial charge < -0.3 is 9.47 Å². The van der Waals surface area contributed by atoms with Crippen molar-refractivity contribution >= 4 is 29.1 Å². The molecule has 0 fully saturated rings. The summed E-state index contributed by atoms with van der Waals surface area (Å²) in [5.74, 6) is -0.775. The number of nitrogens with zero attached hydrogens (tertiary/aromatic N) is 3. The molecule has 3 rings (SSSR count). The Bertz CT molecular complexity index is 699. The number of hydrogen-bond acceptors (Lipinski definition) is 2. The zero-order chi connectivity index (χ0) is 16.4. The fraction of sp³-hybridized carbons (Fsp3) is 0.375. The normalized spacial score (nSPS) is 16.9. The van der Waals surface area contributed by atoms with Crippen molar-refractivity contribution in [3.05, 3.63) is 52.8 Å². The fourth-order valence-corrected chi connectivity index (χ4v) is 3.34. The van der Waals surface area contributed by atoms with Crippen molar-refractivity contribution in [2.45, 2.75) is 32.0 Å². The van der Waals surface area contributed by atoms with Crippen molar-refractivity contribution < 1.29 is 9.18 Å². The van der Waals surface area contributed by atoms with E-state index in [2.05, 4.69) is 4.98 Å². The first-order valence-corrected chi connectivity index (χ1v) is 8.28. The molecule has 1 amide bonds. The fourth-order valence-electron chi connectivity index (χ4n) is 2.96. The molecule has 0 saturated carbocycles. The lowest BCUT2D eigenvalue weighted by Crippen LogP contribution is -2.45. The highest BCUT2D eigenvalue weighted by Gasteiger charge is 2.28. The van der Waals surface area contributed by atoms with E-state index in [4.69, 9.17) is 23.2 Å². The van der Waals surface area contributed by atoms with Crippen LogP contribution in [0.4, 0.5) is 4.39 Å². The Morgan fingerprint density at radius 3 is 3.04 bits per heavy atom. The smallest absolute Gasteiger partial charge is 0.238 e. The molecule has 0 spiro atoms. The SMILES string of the molecule is O=C(CCl)N(Cc1c(F)cccc1Cl)C1CCc2cncn2C1. The molecule has 1 aromatic carbocycles. The van der Waals surface area contributed by atoms with E-state index in [0.29, 0.717) is 17.1 Å². The molecule has 1 unspecified atom stereocenters. The molecule has 0 saturated heterocycles. The van der Waals surface area contributed by atoms with Crippen molar-refractivity contribution in [1.29, 1.82) is 0 Å². The Labute approximate surface area is 143 Å². The maximum Gasteiger partial charge on any atom is 0.238 e. The van der Waals surface area contributed by atoms with Crippen LogP contribution in [0.3, 0.4) is 0 Å². The summed E-state index contributed by atoms with van der Waals surface area (Å²) < 4.78 is 16.1. The van der Waals surface area contributed by atoms with Crippen LogP contribution in [0.25, 0.3) is 0 Å². The quantitative estimate of drug-likeness (QED) is 0.789. The summed E-state index contributed by atoms with van der Waals surface area (Å²) >= 11 is 11.9. The van der Waals surface area contributed by atoms with E-state index in [1.165, 1.54) is 6.07 Å². The molecular formula is C16H16Cl2FN3O. The van der Waals surface area contributed by atoms with Gasteiger partial charge in [-0.25, -0.2) is 9.37 Å². The number of fused-ring (bicyclic) bond motifs is 1. The van der Waals surface area contributed by atoms with Gasteiger partial charge in [-0.3, -0.25) is 4.79 Å². The van der Waals surface area contributed by atoms with E-state index in [-0.39, 0.29) is 24.4 Å². The zero-order valence-corrected chi connectivity index (χ0v) is 13.9. The number of halogens is 3. The molecule has 0 aliphatic carbocycles. The average Bonchev–Trinajstić information content (AvgIpc) is 3.01. The monoisotopic (exact) mass is 355 g/mol. The van der Waals surface area contributed by atoms with Crippen LogP contribution < -0.4 is 0 Å². The number of rotatable bonds is 4. The molecule has 2 heterocycles. The van der Waals surface area contributed by atoms with Crippen LogP contribution in [0, 0.1) is 5.82 Å². The van der Waals surface area contributed by atoms with Gasteiger partial charge in [0.1, 0.15) is 11.7 Å². The summed E-state index contributed by atoms with van der Waals surface area (Å²) in [7, 11) is 0. The second-order valence-corrected chi connectivity index (χ2v) is 6.26. The molecule has 0 radical (unpaired) electrons. The topological polar surface area (TPSA) is 38.1 Å². The molecule has 2 aromatic rings. The van der Waals surface area contributed by atoms with Gasteiger partial charge in [-0.2, -0.15) is 0 Å². The maximum absolute atomic E-state index is 14.1. The molecule has 23 heavy (non-hydrogen) atoms. The van der Waals surface area contributed by atoms with Gasteiger partial charge in [0.2, 0.25) is 5.91 Å². The molecule has 122 valence electrons. The minimum Gasteiger partial charge on any atom is -0.333 e. The van der Waals surface area contributed by atoms with Crippen LogP contribution >= 0.6 is 23.2 Å². The van der Waals surface area contributed by atoms with E-state index in [1.54, 1.807) is 23.4 Å². The largest absolute Gasteiger partial charge is 0.333 e. The predicted octanol–water partition coefficient (Wildman–Crippen LogP) is 3.26. The molecule has 1 atom stereocenters. The van der Waals surface area contributed by atoms with Gasteiger partial charge >= 0.3 is 0 Å². The number of benzene rings is 1. The third kappa shape index (κ3) is 3.35. The highest BCUT2D eigenvalue weighted by atomic mass is 35.5. The lowest BCUT2D eigenvalue weighted by atomic mass is 10.0. The number of aromatic nitrogens is 2. The van der Waals surface area contributed by atoms with Crippen molar-refractivity contribution in [3.63, 3.8) is 0 Å². The minimum atomic E-state index is -0.413. The van der Waals surface area contributed by atoms with Crippen molar-refractivity contribution in [2.75, 3.05) is 5.88 Å². The number of carbonyl (C=O) groups excluding carboxylic acids is 1. The van der Waals surface area contributed by atoms with Gasteiger partial charge in [0.15, 0.2) is 0 Å². The van der Waals surface area contributed by atoms with Crippen LogP contribution in [0.15, 0.2) is 30.7 Å². The number of carbonyl (C=O) groups is 1. The van der Waals surface area contributed by atoms with Gasteiger partial charge in [0.25, 0.3) is 0 Å². The summed E-state index contributed by atoms with van der Waals surface area (Å²) in [5, 5.41) is 0.316. The van der Waals surface area contributed by atoms with Crippen molar-refractivity contribution in [2.24, 2.45) is 0 Å². The molecule has 0 N–H and O–H groups in total. The summed E-state index contributed by atoms with van der Waals surface area (Å²) in [5.41, 5.74) is 1.47. The van der Waals surface area contributed by atoms with Gasteiger partial charge in [-0.1, -0.05) is 17.7 Å². The molecule has 4 nitrogen and oxygen atoms in total. The van der Waals surface area contributed by atoms with Crippen LogP contribution in [-0.2, 0) is 24.3 Å². The lowest BCUT2D eigenvalue weighted by Gasteiger charge is -2.35. The van der Waals surface area contributed by atoms with Crippen LogP contribution in [0.5, 0.6) is 0 Å². The molecule has 1 aliphatic heterocycles. The van der Waals surface area contributed by atoms with Gasteiger partial charge in [-0.15, -0.1) is 11.6 Å². The zero-order valence-electron chi connectivity index (χ0n) is 12.4. The van der Waals surface area contributed by atoms with Crippen LogP contribution in [-0.4, -0.2) is 32.3 Å². The molecular weight excluding hydrogens is 340 g/mol. The van der Waals surface area contributed by atoms with Gasteiger partial charge in [-0.05, 0) is 25.0 Å². The Morgan fingerprint density at radius 1 is 1.48 bits per heavy atom. The standard InChI is InChI=1S/C16H16Cl2FN3O/c17-6-16(23)22(9-13-14(18)2-1-3-15(13)19)12-5-4-11-7-20-10-21(11)8-12/h1-3,7,10,12H,4-6,8-9H2. The molecule has 1 aliphatic rings. The Morgan fingerprint density at radius 2 is 2.30 bits per heavy atom. The summed E-state index contributed by atoms with van der Waals surface area (Å²) in [6.45, 7) is 0.746. The number of aryl methyl sites for hydroxylation is 1. The number of alkyl halides is 1. The Hall–Kier alpha value is -1.59. The van der Waals surface area contributed by atoms with Crippen molar-refractivity contribution in [3.8, 4) is 0 Å². The average molecular weight is 356 g/mol. The summed E-state index contributed by atoms with van der Waals surface area (Å²) in [6, 6.07) is 4.46. The first kappa shape index (κ1) is 16.3.